The molecule has 0 radical (unpaired) electrons. The summed E-state index contributed by atoms with van der Waals surface area (Å²) >= 11 is 0. The standard InChI is InChI=1S/C12H19N5O/c1-8(2)5-14-11-6-13-7-15-12(10(4)18)9(3)16-17-11/h7-8,16H,3,5-6H2,1-2,4H3,(H,14,17). The van der Waals surface area contributed by atoms with Crippen molar-refractivity contribution in [3.8, 4) is 0 Å². The van der Waals surface area contributed by atoms with E-state index in [1.165, 1.54) is 13.3 Å². The van der Waals surface area contributed by atoms with Gasteiger partial charge >= 0.3 is 0 Å². The van der Waals surface area contributed by atoms with Gasteiger partial charge in [-0.2, -0.15) is 0 Å². The predicted molar refractivity (Wildman–Crippen MR) is 74.0 cm³/mol. The molecule has 1 heterocycles. The smallest absolute Gasteiger partial charge is 0.180 e. The lowest BCUT2D eigenvalue weighted by atomic mass is 10.2. The summed E-state index contributed by atoms with van der Waals surface area (Å²) in [6.07, 6.45) is 1.36. The van der Waals surface area contributed by atoms with E-state index in [1.807, 2.05) is 0 Å². The zero-order valence-corrected chi connectivity index (χ0v) is 11.0. The Kier molecular flexibility index (Phi) is 5.23. The average Bonchev–Trinajstić information content (AvgIpc) is 2.37. The summed E-state index contributed by atoms with van der Waals surface area (Å²) in [5, 5.41) is 0. The Morgan fingerprint density at radius 3 is 2.89 bits per heavy atom. The van der Waals surface area contributed by atoms with Gasteiger partial charge in [0.25, 0.3) is 0 Å². The first-order chi connectivity index (χ1) is 8.50. The molecule has 1 aliphatic rings. The Morgan fingerprint density at radius 2 is 2.28 bits per heavy atom. The molecule has 18 heavy (non-hydrogen) atoms. The topological polar surface area (TPSA) is 78.2 Å². The van der Waals surface area contributed by atoms with Crippen molar-refractivity contribution in [3.63, 3.8) is 0 Å². The Bertz CT molecular complexity index is 420. The molecule has 1 aliphatic heterocycles. The van der Waals surface area contributed by atoms with Gasteiger partial charge in [-0.25, -0.2) is 4.99 Å². The van der Waals surface area contributed by atoms with Crippen molar-refractivity contribution in [2.75, 3.05) is 13.1 Å². The minimum absolute atomic E-state index is 0.164. The number of aliphatic imine (C=N–C) groups is 3. The molecule has 6 heteroatoms. The molecule has 0 aliphatic carbocycles. The molecule has 0 aromatic carbocycles. The molecule has 0 atom stereocenters. The van der Waals surface area contributed by atoms with Crippen molar-refractivity contribution in [2.24, 2.45) is 20.9 Å². The fourth-order valence-electron chi connectivity index (χ4n) is 1.24. The van der Waals surface area contributed by atoms with E-state index < -0.39 is 0 Å². The number of amidine groups is 1. The number of ketones is 1. The summed E-state index contributed by atoms with van der Waals surface area (Å²) < 4.78 is 0. The molecule has 98 valence electrons. The van der Waals surface area contributed by atoms with Crippen LogP contribution >= 0.6 is 0 Å². The molecule has 0 aromatic heterocycles. The molecule has 0 saturated heterocycles. The number of nitrogens with zero attached hydrogens (tertiary/aromatic N) is 3. The van der Waals surface area contributed by atoms with Crippen LogP contribution in [0.4, 0.5) is 0 Å². The molecule has 6 nitrogen and oxygen atoms in total. The number of Topliss-reactive ketones (excluding diaryl/α,β-unsaturated/α-hetero) is 1. The van der Waals surface area contributed by atoms with E-state index in [0.29, 0.717) is 30.5 Å². The number of rotatable bonds is 3. The highest BCUT2D eigenvalue weighted by Gasteiger charge is 2.11. The summed E-state index contributed by atoms with van der Waals surface area (Å²) in [6, 6.07) is 0. The van der Waals surface area contributed by atoms with Gasteiger partial charge in [-0.1, -0.05) is 20.4 Å². The van der Waals surface area contributed by atoms with Gasteiger partial charge in [0.2, 0.25) is 0 Å². The van der Waals surface area contributed by atoms with Gasteiger partial charge in [0.1, 0.15) is 17.9 Å². The van der Waals surface area contributed by atoms with Crippen LogP contribution in [0, 0.1) is 5.92 Å². The minimum Gasteiger partial charge on any atom is -0.298 e. The van der Waals surface area contributed by atoms with Crippen LogP contribution in [0.1, 0.15) is 20.8 Å². The van der Waals surface area contributed by atoms with E-state index in [1.54, 1.807) is 0 Å². The molecule has 0 aromatic rings. The van der Waals surface area contributed by atoms with Gasteiger partial charge in [-0.3, -0.25) is 25.6 Å². The number of allylic oxidation sites excluding steroid dienone is 1. The molecule has 2 N–H and O–H groups in total. The van der Waals surface area contributed by atoms with E-state index in [4.69, 9.17) is 0 Å². The van der Waals surface area contributed by atoms with Gasteiger partial charge in [0.05, 0.1) is 12.2 Å². The first kappa shape index (κ1) is 14.1. The highest BCUT2D eigenvalue weighted by Crippen LogP contribution is 1.95. The monoisotopic (exact) mass is 249 g/mol. The summed E-state index contributed by atoms with van der Waals surface area (Å²) in [5.74, 6) is 1.01. The van der Waals surface area contributed by atoms with Gasteiger partial charge in [0, 0.05) is 13.5 Å². The quantitative estimate of drug-likeness (QED) is 0.773. The molecule has 0 saturated carbocycles. The number of nitrogens with one attached hydrogen (secondary N) is 2. The minimum atomic E-state index is -0.164. The Labute approximate surface area is 107 Å². The average molecular weight is 249 g/mol. The Balaban J connectivity index is 2.77. The number of hydrazine groups is 1. The zero-order chi connectivity index (χ0) is 13.5. The molecule has 0 unspecified atom stereocenters. The highest BCUT2D eigenvalue weighted by molar-refractivity contribution is 6.46. The second kappa shape index (κ2) is 6.68. The first-order valence-corrected chi connectivity index (χ1v) is 5.82. The molecular weight excluding hydrogens is 230 g/mol. The third-order valence-electron chi connectivity index (χ3n) is 2.13. The van der Waals surface area contributed by atoms with Crippen molar-refractivity contribution in [3.05, 3.63) is 12.3 Å². The van der Waals surface area contributed by atoms with Crippen LogP contribution in [0.15, 0.2) is 27.3 Å². The molecule has 0 spiro atoms. The molecule has 1 rings (SSSR count). The van der Waals surface area contributed by atoms with E-state index in [9.17, 15) is 4.79 Å². The van der Waals surface area contributed by atoms with Crippen LogP contribution in [0.25, 0.3) is 0 Å². The Hall–Kier alpha value is -1.98. The highest BCUT2D eigenvalue weighted by atomic mass is 16.1. The summed E-state index contributed by atoms with van der Waals surface area (Å²) in [4.78, 5) is 23.8. The molecule has 0 bridgehead atoms. The fraction of sp³-hybridized carbons (Fsp3) is 0.500. The maximum absolute atomic E-state index is 11.3. The van der Waals surface area contributed by atoms with Gasteiger partial charge < -0.3 is 0 Å². The fourth-order valence-corrected chi connectivity index (χ4v) is 1.24. The van der Waals surface area contributed by atoms with Crippen LogP contribution in [0.2, 0.25) is 0 Å². The molecule has 0 fully saturated rings. The lowest BCUT2D eigenvalue weighted by molar-refractivity contribution is -0.111. The lowest BCUT2D eigenvalue weighted by Gasteiger charge is -2.12. The van der Waals surface area contributed by atoms with Gasteiger partial charge in [-0.05, 0) is 5.92 Å². The Morgan fingerprint density at radius 1 is 1.56 bits per heavy atom. The van der Waals surface area contributed by atoms with E-state index in [0.717, 1.165) is 0 Å². The first-order valence-electron chi connectivity index (χ1n) is 5.82. The lowest BCUT2D eigenvalue weighted by Crippen LogP contribution is -2.41. The molecule has 0 amide bonds. The normalized spacial score (nSPS) is 18.6. The van der Waals surface area contributed by atoms with Crippen molar-refractivity contribution in [1.82, 2.24) is 10.9 Å². The summed E-state index contributed by atoms with van der Waals surface area (Å²) in [6.45, 7) is 10.5. The number of hydrogen-bond acceptors (Lipinski definition) is 5. The van der Waals surface area contributed by atoms with Crippen LogP contribution < -0.4 is 10.9 Å². The second-order valence-electron chi connectivity index (χ2n) is 4.40. The number of carbonyl (C=O) groups excluding carboxylic acids is 1. The van der Waals surface area contributed by atoms with Crippen molar-refractivity contribution >= 4 is 23.7 Å². The van der Waals surface area contributed by atoms with Crippen LogP contribution in [-0.2, 0) is 4.79 Å². The van der Waals surface area contributed by atoms with Crippen LogP contribution in [-0.4, -0.2) is 36.8 Å². The van der Waals surface area contributed by atoms with Crippen molar-refractivity contribution in [2.45, 2.75) is 20.8 Å². The number of carbonyl (C=O) groups is 1. The van der Waals surface area contributed by atoms with Crippen LogP contribution in [0.5, 0.6) is 0 Å². The third-order valence-corrected chi connectivity index (χ3v) is 2.13. The van der Waals surface area contributed by atoms with E-state index >= 15 is 0 Å². The van der Waals surface area contributed by atoms with Crippen molar-refractivity contribution in [1.29, 1.82) is 0 Å². The maximum atomic E-state index is 11.3. The predicted octanol–water partition coefficient (Wildman–Crippen LogP) is 0.721. The summed E-state index contributed by atoms with van der Waals surface area (Å²) in [5.41, 5.74) is 6.40. The zero-order valence-electron chi connectivity index (χ0n) is 11.0. The molecular formula is C12H19N5O. The van der Waals surface area contributed by atoms with Crippen molar-refractivity contribution < 1.29 is 4.79 Å². The largest absolute Gasteiger partial charge is 0.298 e. The van der Waals surface area contributed by atoms with Crippen LogP contribution in [0.3, 0.4) is 0 Å². The SMILES string of the molecule is C=C1NNC(=NCC(C)C)CN=CN=C1C(C)=O. The van der Waals surface area contributed by atoms with E-state index in [2.05, 4.69) is 46.3 Å². The number of hydrogen-bond donors (Lipinski definition) is 2. The van der Waals surface area contributed by atoms with Gasteiger partial charge in [-0.15, -0.1) is 0 Å². The summed E-state index contributed by atoms with van der Waals surface area (Å²) in [7, 11) is 0. The van der Waals surface area contributed by atoms with E-state index in [-0.39, 0.29) is 11.5 Å². The third kappa shape index (κ3) is 4.48. The van der Waals surface area contributed by atoms with Gasteiger partial charge in [0.15, 0.2) is 5.78 Å². The second-order valence-corrected chi connectivity index (χ2v) is 4.40. The maximum Gasteiger partial charge on any atom is 0.180 e.